The van der Waals surface area contributed by atoms with Crippen LogP contribution >= 0.6 is 11.6 Å². The molecule has 1 amide bonds. The van der Waals surface area contributed by atoms with Crippen molar-refractivity contribution in [1.82, 2.24) is 4.90 Å². The van der Waals surface area contributed by atoms with Crippen LogP contribution < -0.4 is 0 Å². The Bertz CT molecular complexity index is 273. The van der Waals surface area contributed by atoms with Gasteiger partial charge in [0.2, 0.25) is 5.91 Å². The van der Waals surface area contributed by atoms with E-state index in [-0.39, 0.29) is 5.91 Å². The van der Waals surface area contributed by atoms with Gasteiger partial charge in [0, 0.05) is 19.0 Å². The fraction of sp³-hybridized carbons (Fsp3) is 0.909. The number of rotatable bonds is 2. The van der Waals surface area contributed by atoms with Gasteiger partial charge in [-0.25, -0.2) is 4.39 Å². The summed E-state index contributed by atoms with van der Waals surface area (Å²) in [5, 5.41) is 0. The first-order chi connectivity index (χ1) is 7.08. The van der Waals surface area contributed by atoms with Crippen LogP contribution in [0.25, 0.3) is 0 Å². The molecule has 1 saturated carbocycles. The highest BCUT2D eigenvalue weighted by atomic mass is 35.5. The molecule has 1 aliphatic carbocycles. The van der Waals surface area contributed by atoms with Gasteiger partial charge in [0.05, 0.1) is 5.41 Å². The first kappa shape index (κ1) is 11.2. The molecule has 0 radical (unpaired) electrons. The third-order valence-corrected chi connectivity index (χ3v) is 4.08. The molecule has 2 rings (SSSR count). The molecule has 1 heterocycles. The molecule has 2 aliphatic rings. The number of hydrogen-bond donors (Lipinski definition) is 0. The first-order valence-electron chi connectivity index (χ1n) is 5.57. The topological polar surface area (TPSA) is 20.3 Å². The lowest BCUT2D eigenvalue weighted by Crippen LogP contribution is -2.44. The maximum Gasteiger partial charge on any atom is 0.231 e. The second kappa shape index (κ2) is 3.93. The molecule has 0 aromatic rings. The number of carbonyl (C=O) groups is 1. The zero-order valence-corrected chi connectivity index (χ0v) is 9.76. The van der Waals surface area contributed by atoms with Gasteiger partial charge in [-0.05, 0) is 32.1 Å². The number of hydrogen-bond acceptors (Lipinski definition) is 1. The molecule has 3 unspecified atom stereocenters. The standard InChI is InChI=1S/C11H17ClFNO/c1-11(5-9(11)13)10(15)14-4-2-3-8(6-12)7-14/h8-9H,2-7H2,1H3. The third kappa shape index (κ3) is 1.99. The number of piperidine rings is 1. The smallest absolute Gasteiger partial charge is 0.231 e. The monoisotopic (exact) mass is 233 g/mol. The molecule has 0 spiro atoms. The Balaban J connectivity index is 1.96. The predicted molar refractivity (Wildman–Crippen MR) is 57.6 cm³/mol. The summed E-state index contributed by atoms with van der Waals surface area (Å²) in [7, 11) is 0. The lowest BCUT2D eigenvalue weighted by molar-refractivity contribution is -0.138. The van der Waals surface area contributed by atoms with Crippen molar-refractivity contribution in [2.45, 2.75) is 32.4 Å². The van der Waals surface area contributed by atoms with Crippen LogP contribution in [0.2, 0.25) is 0 Å². The highest BCUT2D eigenvalue weighted by Crippen LogP contribution is 2.49. The Hall–Kier alpha value is -0.310. The van der Waals surface area contributed by atoms with Gasteiger partial charge in [0.25, 0.3) is 0 Å². The van der Waals surface area contributed by atoms with Crippen LogP contribution in [0.15, 0.2) is 0 Å². The van der Waals surface area contributed by atoms with E-state index in [0.29, 0.717) is 24.8 Å². The average molecular weight is 234 g/mol. The van der Waals surface area contributed by atoms with E-state index < -0.39 is 11.6 Å². The zero-order valence-electron chi connectivity index (χ0n) is 9.01. The van der Waals surface area contributed by atoms with E-state index >= 15 is 0 Å². The van der Waals surface area contributed by atoms with Crippen LogP contribution in [-0.4, -0.2) is 35.9 Å². The Kier molecular flexibility index (Phi) is 2.93. The van der Waals surface area contributed by atoms with Crippen LogP contribution in [0.1, 0.15) is 26.2 Å². The van der Waals surface area contributed by atoms with Crippen molar-refractivity contribution in [3.05, 3.63) is 0 Å². The highest BCUT2D eigenvalue weighted by Gasteiger charge is 2.58. The lowest BCUT2D eigenvalue weighted by atomic mass is 9.98. The summed E-state index contributed by atoms with van der Waals surface area (Å²) in [5.41, 5.74) is -0.714. The number of likely N-dealkylation sites (tertiary alicyclic amines) is 1. The summed E-state index contributed by atoms with van der Waals surface area (Å²) >= 11 is 5.80. The molecule has 1 saturated heterocycles. The number of amides is 1. The second-order valence-electron chi connectivity index (χ2n) is 5.00. The molecule has 0 N–H and O–H groups in total. The van der Waals surface area contributed by atoms with Gasteiger partial charge < -0.3 is 4.90 Å². The predicted octanol–water partition coefficient (Wildman–Crippen LogP) is 2.21. The highest BCUT2D eigenvalue weighted by molar-refractivity contribution is 6.18. The molecule has 2 fully saturated rings. The van der Waals surface area contributed by atoms with Gasteiger partial charge in [0.1, 0.15) is 6.17 Å². The van der Waals surface area contributed by atoms with E-state index in [4.69, 9.17) is 11.6 Å². The largest absolute Gasteiger partial charge is 0.342 e. The Morgan fingerprint density at radius 2 is 2.33 bits per heavy atom. The molecule has 15 heavy (non-hydrogen) atoms. The molecule has 0 aromatic heterocycles. The summed E-state index contributed by atoms with van der Waals surface area (Å²) in [5.74, 6) is 0.981. The van der Waals surface area contributed by atoms with Gasteiger partial charge in [-0.3, -0.25) is 4.79 Å². The normalized spacial score (nSPS) is 40.3. The van der Waals surface area contributed by atoms with E-state index in [0.717, 1.165) is 19.4 Å². The maximum absolute atomic E-state index is 13.1. The van der Waals surface area contributed by atoms with Crippen molar-refractivity contribution < 1.29 is 9.18 Å². The quantitative estimate of drug-likeness (QED) is 0.670. The molecule has 4 heteroatoms. The van der Waals surface area contributed by atoms with Gasteiger partial charge >= 0.3 is 0 Å². The molecular formula is C11H17ClFNO. The van der Waals surface area contributed by atoms with Gasteiger partial charge in [-0.15, -0.1) is 11.6 Å². The van der Waals surface area contributed by atoms with Crippen molar-refractivity contribution in [2.24, 2.45) is 11.3 Å². The van der Waals surface area contributed by atoms with E-state index in [9.17, 15) is 9.18 Å². The number of halogens is 2. The number of nitrogens with zero attached hydrogens (tertiary/aromatic N) is 1. The van der Waals surface area contributed by atoms with Crippen molar-refractivity contribution in [3.63, 3.8) is 0 Å². The van der Waals surface area contributed by atoms with Gasteiger partial charge in [0.15, 0.2) is 0 Å². The summed E-state index contributed by atoms with van der Waals surface area (Å²) in [6, 6.07) is 0. The average Bonchev–Trinajstić information content (AvgIpc) is 2.87. The van der Waals surface area contributed by atoms with Crippen molar-refractivity contribution in [3.8, 4) is 0 Å². The maximum atomic E-state index is 13.1. The van der Waals surface area contributed by atoms with Gasteiger partial charge in [-0.2, -0.15) is 0 Å². The molecule has 3 atom stereocenters. The summed E-state index contributed by atoms with van der Waals surface area (Å²) in [6.45, 7) is 3.21. The summed E-state index contributed by atoms with van der Waals surface area (Å²) in [4.78, 5) is 13.8. The number of alkyl halides is 2. The second-order valence-corrected chi connectivity index (χ2v) is 5.31. The molecular weight excluding hydrogens is 217 g/mol. The minimum atomic E-state index is -0.929. The number of carbonyl (C=O) groups excluding carboxylic acids is 1. The SMILES string of the molecule is CC1(C(=O)N2CCCC(CCl)C2)CC1F. The van der Waals surface area contributed by atoms with Crippen LogP contribution in [-0.2, 0) is 4.79 Å². The first-order valence-corrected chi connectivity index (χ1v) is 6.11. The fourth-order valence-electron chi connectivity index (χ4n) is 2.27. The minimum absolute atomic E-state index is 0.00943. The third-order valence-electron chi connectivity index (χ3n) is 3.65. The van der Waals surface area contributed by atoms with Crippen LogP contribution in [0.5, 0.6) is 0 Å². The van der Waals surface area contributed by atoms with E-state index in [2.05, 4.69) is 0 Å². The van der Waals surface area contributed by atoms with E-state index in [1.807, 2.05) is 0 Å². The minimum Gasteiger partial charge on any atom is -0.342 e. The molecule has 1 aliphatic heterocycles. The van der Waals surface area contributed by atoms with E-state index in [1.165, 1.54) is 0 Å². The van der Waals surface area contributed by atoms with Gasteiger partial charge in [-0.1, -0.05) is 0 Å². The summed E-state index contributed by atoms with van der Waals surface area (Å²) in [6.07, 6.45) is 1.55. The van der Waals surface area contributed by atoms with Crippen LogP contribution in [0.4, 0.5) is 4.39 Å². The molecule has 0 aromatic carbocycles. The Morgan fingerprint density at radius 1 is 1.67 bits per heavy atom. The Labute approximate surface area is 94.8 Å². The molecule has 0 bridgehead atoms. The fourth-order valence-corrected chi connectivity index (χ4v) is 2.52. The van der Waals surface area contributed by atoms with Crippen LogP contribution in [0, 0.1) is 11.3 Å². The van der Waals surface area contributed by atoms with E-state index in [1.54, 1.807) is 11.8 Å². The zero-order chi connectivity index (χ0) is 11.1. The van der Waals surface area contributed by atoms with Crippen molar-refractivity contribution in [2.75, 3.05) is 19.0 Å². The van der Waals surface area contributed by atoms with Crippen LogP contribution in [0.3, 0.4) is 0 Å². The molecule has 2 nitrogen and oxygen atoms in total. The van der Waals surface area contributed by atoms with Crippen molar-refractivity contribution in [1.29, 1.82) is 0 Å². The molecule has 86 valence electrons. The Morgan fingerprint density at radius 3 is 2.87 bits per heavy atom. The summed E-state index contributed by atoms with van der Waals surface area (Å²) < 4.78 is 13.1. The lowest BCUT2D eigenvalue weighted by Gasteiger charge is -2.33. The van der Waals surface area contributed by atoms with Crippen molar-refractivity contribution >= 4 is 17.5 Å².